The van der Waals surface area contributed by atoms with Gasteiger partial charge in [0, 0.05) is 6.42 Å². The van der Waals surface area contributed by atoms with Crippen LogP contribution in [0.5, 0.6) is 0 Å². The van der Waals surface area contributed by atoms with Crippen molar-refractivity contribution in [3.05, 3.63) is 0 Å². The first-order valence-corrected chi connectivity index (χ1v) is 11.4. The highest BCUT2D eigenvalue weighted by molar-refractivity contribution is 5.66. The predicted molar refractivity (Wildman–Crippen MR) is 112 cm³/mol. The molecular formula is C23H48O2. The Bertz CT molecular complexity index is 220. The van der Waals surface area contributed by atoms with Crippen molar-refractivity contribution < 1.29 is 9.90 Å². The average molecular weight is 357 g/mol. The molecule has 0 unspecified atom stereocenters. The van der Waals surface area contributed by atoms with E-state index in [0.29, 0.717) is 0 Å². The zero-order valence-electron chi connectivity index (χ0n) is 17.8. The summed E-state index contributed by atoms with van der Waals surface area (Å²) in [7, 11) is 0. The van der Waals surface area contributed by atoms with Crippen LogP contribution in [0.2, 0.25) is 0 Å². The molecule has 0 saturated carbocycles. The molecule has 0 aromatic rings. The molecule has 2 heteroatoms. The highest BCUT2D eigenvalue weighted by Gasteiger charge is 1.94. The van der Waals surface area contributed by atoms with Crippen molar-refractivity contribution in [1.29, 1.82) is 0 Å². The molecule has 0 heterocycles. The van der Waals surface area contributed by atoms with Gasteiger partial charge in [-0.15, -0.1) is 0 Å². The van der Waals surface area contributed by atoms with E-state index < -0.39 is 5.97 Å². The van der Waals surface area contributed by atoms with Gasteiger partial charge in [-0.25, -0.2) is 0 Å². The van der Waals surface area contributed by atoms with E-state index in [1.165, 1.54) is 116 Å². The van der Waals surface area contributed by atoms with E-state index in [9.17, 15) is 4.79 Å². The second-order valence-corrected chi connectivity index (χ2v) is 7.40. The van der Waals surface area contributed by atoms with E-state index in [4.69, 9.17) is 5.11 Å². The Morgan fingerprint density at radius 3 is 0.760 bits per heavy atom. The lowest BCUT2D eigenvalue weighted by atomic mass is 10.0. The molecule has 2 nitrogen and oxygen atoms in total. The van der Waals surface area contributed by atoms with Crippen molar-refractivity contribution >= 4 is 5.97 Å². The Morgan fingerprint density at radius 2 is 0.640 bits per heavy atom. The Kier molecular flexibility index (Phi) is 27.5. The van der Waals surface area contributed by atoms with Crippen LogP contribution in [-0.2, 0) is 4.79 Å². The number of hydrogen-bond acceptors (Lipinski definition) is 1. The molecule has 0 aromatic carbocycles. The van der Waals surface area contributed by atoms with Gasteiger partial charge < -0.3 is 5.11 Å². The minimum atomic E-state index is -0.745. The molecule has 0 amide bonds. The van der Waals surface area contributed by atoms with Gasteiger partial charge in [-0.2, -0.15) is 0 Å². The Morgan fingerprint density at radius 1 is 0.480 bits per heavy atom. The second-order valence-electron chi connectivity index (χ2n) is 7.40. The first-order valence-electron chi connectivity index (χ1n) is 11.4. The standard InChI is InChI=1S/C20H42.C3H6O2/c1-3-5-7-9-11-13-15-17-19-20-18-16-14-12-10-8-6-4-2;1-2-3(4)5/h3-20H2,1-2H3;2H2,1H3,(H,4,5). The largest absolute Gasteiger partial charge is 0.481 e. The lowest BCUT2D eigenvalue weighted by molar-refractivity contribution is -0.136. The van der Waals surface area contributed by atoms with Gasteiger partial charge in [-0.1, -0.05) is 136 Å². The minimum Gasteiger partial charge on any atom is -0.481 e. The third kappa shape index (κ3) is 31.7. The fourth-order valence-corrected chi connectivity index (χ4v) is 2.97. The summed E-state index contributed by atoms with van der Waals surface area (Å²) in [4.78, 5) is 9.37. The van der Waals surface area contributed by atoms with Crippen molar-refractivity contribution in [2.24, 2.45) is 0 Å². The zero-order valence-corrected chi connectivity index (χ0v) is 17.8. The molecule has 25 heavy (non-hydrogen) atoms. The molecule has 0 aliphatic heterocycles. The molecule has 0 radical (unpaired) electrons. The Labute approximate surface area is 159 Å². The number of aliphatic carboxylic acids is 1. The number of carboxylic acids is 1. The topological polar surface area (TPSA) is 37.3 Å². The molecule has 152 valence electrons. The van der Waals surface area contributed by atoms with Crippen LogP contribution in [0, 0.1) is 0 Å². The van der Waals surface area contributed by atoms with Crippen molar-refractivity contribution in [3.63, 3.8) is 0 Å². The van der Waals surface area contributed by atoms with Crippen molar-refractivity contribution in [3.8, 4) is 0 Å². The van der Waals surface area contributed by atoms with Crippen LogP contribution in [0.4, 0.5) is 0 Å². The molecule has 0 spiro atoms. The fourth-order valence-electron chi connectivity index (χ4n) is 2.97. The number of rotatable bonds is 18. The van der Waals surface area contributed by atoms with Gasteiger partial charge in [-0.3, -0.25) is 4.79 Å². The van der Waals surface area contributed by atoms with Gasteiger partial charge in [0.1, 0.15) is 0 Å². The SMILES string of the molecule is CCC(=O)O.CCCCCCCCCCCCCCCCCCCC. The fraction of sp³-hybridized carbons (Fsp3) is 0.957. The normalized spacial score (nSPS) is 10.4. The summed E-state index contributed by atoms with van der Waals surface area (Å²) in [5.74, 6) is -0.745. The van der Waals surface area contributed by atoms with E-state index in [2.05, 4.69) is 13.8 Å². The lowest BCUT2D eigenvalue weighted by Crippen LogP contribution is -1.86. The highest BCUT2D eigenvalue weighted by atomic mass is 16.4. The van der Waals surface area contributed by atoms with Gasteiger partial charge in [0.2, 0.25) is 0 Å². The van der Waals surface area contributed by atoms with E-state index in [0.717, 1.165) is 0 Å². The Balaban J connectivity index is 0. The van der Waals surface area contributed by atoms with Gasteiger partial charge in [0.15, 0.2) is 0 Å². The summed E-state index contributed by atoms with van der Waals surface area (Å²) in [6.45, 7) is 6.19. The summed E-state index contributed by atoms with van der Waals surface area (Å²) in [5, 5.41) is 7.72. The molecule has 1 N–H and O–H groups in total. The summed E-state index contributed by atoms with van der Waals surface area (Å²) in [6.07, 6.45) is 26.6. The van der Waals surface area contributed by atoms with Crippen LogP contribution >= 0.6 is 0 Å². The number of carbonyl (C=O) groups is 1. The summed E-state index contributed by atoms with van der Waals surface area (Å²) in [6, 6.07) is 0. The maximum Gasteiger partial charge on any atom is 0.303 e. The van der Waals surface area contributed by atoms with E-state index in [1.807, 2.05) is 0 Å². The molecule has 0 rings (SSSR count). The summed E-state index contributed by atoms with van der Waals surface area (Å²) >= 11 is 0. The quantitative estimate of drug-likeness (QED) is 0.250. The Hall–Kier alpha value is -0.530. The number of hydrogen-bond donors (Lipinski definition) is 1. The molecular weight excluding hydrogens is 308 g/mol. The molecule has 0 atom stereocenters. The smallest absolute Gasteiger partial charge is 0.303 e. The number of carboxylic acid groups (broad SMARTS) is 1. The third-order valence-electron chi connectivity index (χ3n) is 4.76. The molecule has 0 aliphatic rings. The van der Waals surface area contributed by atoms with Gasteiger partial charge >= 0.3 is 5.97 Å². The molecule has 0 fully saturated rings. The van der Waals surface area contributed by atoms with Gasteiger partial charge in [0.05, 0.1) is 0 Å². The maximum atomic E-state index is 9.37. The molecule has 0 saturated heterocycles. The molecule has 0 aromatic heterocycles. The van der Waals surface area contributed by atoms with E-state index in [1.54, 1.807) is 6.92 Å². The van der Waals surface area contributed by atoms with Crippen molar-refractivity contribution in [1.82, 2.24) is 0 Å². The highest BCUT2D eigenvalue weighted by Crippen LogP contribution is 2.14. The van der Waals surface area contributed by atoms with E-state index in [-0.39, 0.29) is 6.42 Å². The maximum absolute atomic E-state index is 9.37. The molecule has 0 bridgehead atoms. The van der Waals surface area contributed by atoms with Gasteiger partial charge in [-0.05, 0) is 0 Å². The zero-order chi connectivity index (χ0) is 19.0. The number of unbranched alkanes of at least 4 members (excludes halogenated alkanes) is 17. The van der Waals surface area contributed by atoms with Crippen LogP contribution in [0.3, 0.4) is 0 Å². The van der Waals surface area contributed by atoms with Crippen molar-refractivity contribution in [2.45, 2.75) is 143 Å². The minimum absolute atomic E-state index is 0.222. The first kappa shape index (κ1) is 26.7. The summed E-state index contributed by atoms with van der Waals surface area (Å²) in [5.41, 5.74) is 0. The van der Waals surface area contributed by atoms with Crippen LogP contribution in [0.15, 0.2) is 0 Å². The second kappa shape index (κ2) is 25.7. The van der Waals surface area contributed by atoms with Crippen LogP contribution in [0.25, 0.3) is 0 Å². The van der Waals surface area contributed by atoms with Gasteiger partial charge in [0.25, 0.3) is 0 Å². The van der Waals surface area contributed by atoms with Crippen LogP contribution in [0.1, 0.15) is 143 Å². The average Bonchev–Trinajstić information content (AvgIpc) is 2.62. The van der Waals surface area contributed by atoms with E-state index >= 15 is 0 Å². The monoisotopic (exact) mass is 356 g/mol. The third-order valence-corrected chi connectivity index (χ3v) is 4.76. The molecule has 0 aliphatic carbocycles. The van der Waals surface area contributed by atoms with Crippen molar-refractivity contribution in [2.75, 3.05) is 0 Å². The van der Waals surface area contributed by atoms with Crippen LogP contribution in [-0.4, -0.2) is 11.1 Å². The lowest BCUT2D eigenvalue weighted by Gasteiger charge is -2.03. The van der Waals surface area contributed by atoms with Crippen LogP contribution < -0.4 is 0 Å². The first-order chi connectivity index (χ1) is 12.2. The summed E-state index contributed by atoms with van der Waals surface area (Å²) < 4.78 is 0. The predicted octanol–water partition coefficient (Wildman–Crippen LogP) is 8.53.